The molecule has 10 heteroatoms. The molecule has 1 aliphatic rings. The SMILES string of the molecule is CCC(C)Cn1nc(C(=O)N[C@@H](CCC2CCCCC2)CC(=O)N(C)CC(=O)OC)cc1-c1c(OC)cccc1OC. The minimum absolute atomic E-state index is 0.0900. The van der Waals surface area contributed by atoms with Gasteiger partial charge in [-0.1, -0.05) is 58.4 Å². The number of methoxy groups -OCH3 is 3. The summed E-state index contributed by atoms with van der Waals surface area (Å²) in [5.41, 5.74) is 1.72. The van der Waals surface area contributed by atoms with Crippen LogP contribution in [0.15, 0.2) is 24.3 Å². The van der Waals surface area contributed by atoms with Gasteiger partial charge in [0.1, 0.15) is 18.0 Å². The van der Waals surface area contributed by atoms with Crippen molar-refractivity contribution in [2.75, 3.05) is 34.9 Å². The molecule has 1 aliphatic carbocycles. The van der Waals surface area contributed by atoms with E-state index in [0.717, 1.165) is 24.1 Å². The maximum Gasteiger partial charge on any atom is 0.325 e. The maximum absolute atomic E-state index is 13.7. The fraction of sp³-hybridized carbons (Fsp3) is 0.625. The van der Waals surface area contributed by atoms with Gasteiger partial charge in [0, 0.05) is 26.1 Å². The number of hydrogen-bond acceptors (Lipinski definition) is 7. The molecule has 0 radical (unpaired) electrons. The fourth-order valence-electron chi connectivity index (χ4n) is 5.51. The highest BCUT2D eigenvalue weighted by atomic mass is 16.5. The molecule has 1 unspecified atom stereocenters. The van der Waals surface area contributed by atoms with Crippen LogP contribution in [0.2, 0.25) is 0 Å². The highest BCUT2D eigenvalue weighted by Gasteiger charge is 2.26. The third-order valence-corrected chi connectivity index (χ3v) is 8.30. The van der Waals surface area contributed by atoms with Crippen LogP contribution in [-0.4, -0.2) is 73.4 Å². The zero-order valence-corrected chi connectivity index (χ0v) is 26.1. The normalized spacial score (nSPS) is 15.0. The average Bonchev–Trinajstić information content (AvgIpc) is 3.42. The smallest absolute Gasteiger partial charge is 0.325 e. The Hall–Kier alpha value is -3.56. The Morgan fingerprint density at radius 3 is 2.36 bits per heavy atom. The molecule has 2 amide bonds. The van der Waals surface area contributed by atoms with Gasteiger partial charge >= 0.3 is 5.97 Å². The van der Waals surface area contributed by atoms with Gasteiger partial charge in [0.15, 0.2) is 5.69 Å². The molecular weight excluding hydrogens is 536 g/mol. The van der Waals surface area contributed by atoms with Gasteiger partial charge in [-0.15, -0.1) is 0 Å². The molecule has 2 atom stereocenters. The quantitative estimate of drug-likeness (QED) is 0.290. The number of rotatable bonds is 15. The first-order chi connectivity index (χ1) is 20.2. The first-order valence-corrected chi connectivity index (χ1v) is 15.1. The number of nitrogens with zero attached hydrogens (tertiary/aromatic N) is 3. The average molecular weight is 585 g/mol. The third-order valence-electron chi connectivity index (χ3n) is 8.30. The molecule has 42 heavy (non-hydrogen) atoms. The largest absolute Gasteiger partial charge is 0.496 e. The summed E-state index contributed by atoms with van der Waals surface area (Å²) >= 11 is 0. The van der Waals surface area contributed by atoms with E-state index in [1.165, 1.54) is 44.1 Å². The second kappa shape index (κ2) is 16.2. The van der Waals surface area contributed by atoms with Gasteiger partial charge in [0.05, 0.1) is 32.6 Å². The molecule has 0 saturated heterocycles. The van der Waals surface area contributed by atoms with E-state index in [2.05, 4.69) is 19.2 Å². The molecule has 3 rings (SSSR count). The van der Waals surface area contributed by atoms with Crippen LogP contribution in [0.1, 0.15) is 82.1 Å². The number of hydrogen-bond donors (Lipinski definition) is 1. The highest BCUT2D eigenvalue weighted by Crippen LogP contribution is 2.39. The van der Waals surface area contributed by atoms with E-state index in [9.17, 15) is 14.4 Å². The van der Waals surface area contributed by atoms with Crippen LogP contribution in [-0.2, 0) is 20.9 Å². The summed E-state index contributed by atoms with van der Waals surface area (Å²) in [6.45, 7) is 4.74. The lowest BCUT2D eigenvalue weighted by molar-refractivity contribution is -0.146. The Labute approximate surface area is 250 Å². The molecule has 0 spiro atoms. The van der Waals surface area contributed by atoms with Gasteiger partial charge in [0.2, 0.25) is 5.91 Å². The van der Waals surface area contributed by atoms with Gasteiger partial charge in [-0.25, -0.2) is 0 Å². The van der Waals surface area contributed by atoms with Gasteiger partial charge in [-0.2, -0.15) is 5.10 Å². The van der Waals surface area contributed by atoms with Crippen molar-refractivity contribution in [2.24, 2.45) is 11.8 Å². The fourth-order valence-corrected chi connectivity index (χ4v) is 5.51. The summed E-state index contributed by atoms with van der Waals surface area (Å²) in [6, 6.07) is 6.94. The van der Waals surface area contributed by atoms with E-state index in [1.54, 1.807) is 27.3 Å². The number of amides is 2. The molecule has 0 aliphatic heterocycles. The van der Waals surface area contributed by atoms with Crippen LogP contribution in [0.25, 0.3) is 11.3 Å². The second-order valence-electron chi connectivity index (χ2n) is 11.4. The number of carbonyl (C=O) groups is 3. The molecule has 2 aromatic rings. The van der Waals surface area contributed by atoms with E-state index >= 15 is 0 Å². The molecule has 1 heterocycles. The zero-order chi connectivity index (χ0) is 30.6. The van der Waals surface area contributed by atoms with Crippen molar-refractivity contribution in [2.45, 2.75) is 84.2 Å². The lowest BCUT2D eigenvalue weighted by atomic mass is 9.85. The third kappa shape index (κ3) is 8.97. The van der Waals surface area contributed by atoms with Crippen LogP contribution in [0.4, 0.5) is 0 Å². The standard InChI is InChI=1S/C32H48N4O6/c1-7-22(2)20-36-26(31-27(40-4)14-11-15-28(31)41-5)19-25(34-36)32(39)33-24(17-16-23-12-9-8-10-13-23)18-29(37)35(3)21-30(38)42-6/h11,14-15,19,22-24H,7-10,12-13,16-18,20-21H2,1-6H3,(H,33,39)/t22?,24-/m0/s1. The van der Waals surface area contributed by atoms with Crippen molar-refractivity contribution in [1.82, 2.24) is 20.0 Å². The predicted molar refractivity (Wildman–Crippen MR) is 162 cm³/mol. The first kappa shape index (κ1) is 32.9. The molecule has 1 saturated carbocycles. The number of nitrogens with one attached hydrogen (secondary N) is 1. The molecule has 1 aromatic carbocycles. The number of aromatic nitrogens is 2. The summed E-state index contributed by atoms with van der Waals surface area (Å²) in [5, 5.41) is 7.83. The summed E-state index contributed by atoms with van der Waals surface area (Å²) in [6.07, 6.45) is 8.74. The number of ether oxygens (including phenoxy) is 3. The molecule has 1 aromatic heterocycles. The van der Waals surface area contributed by atoms with Crippen molar-refractivity contribution < 1.29 is 28.6 Å². The van der Waals surface area contributed by atoms with Crippen LogP contribution < -0.4 is 14.8 Å². The first-order valence-electron chi connectivity index (χ1n) is 15.1. The number of carbonyl (C=O) groups excluding carboxylic acids is 3. The monoisotopic (exact) mass is 584 g/mol. The van der Waals surface area contributed by atoms with Gasteiger partial charge in [-0.3, -0.25) is 19.1 Å². The van der Waals surface area contributed by atoms with Crippen molar-refractivity contribution >= 4 is 17.8 Å². The number of esters is 1. The summed E-state index contributed by atoms with van der Waals surface area (Å²) < 4.78 is 17.9. The van der Waals surface area contributed by atoms with E-state index < -0.39 is 12.0 Å². The van der Waals surface area contributed by atoms with Crippen LogP contribution in [0.5, 0.6) is 11.5 Å². The topological polar surface area (TPSA) is 112 Å². The van der Waals surface area contributed by atoms with Crippen molar-refractivity contribution in [3.8, 4) is 22.8 Å². The lowest BCUT2D eigenvalue weighted by Crippen LogP contribution is -2.41. The van der Waals surface area contributed by atoms with E-state index in [4.69, 9.17) is 19.3 Å². The molecule has 1 fully saturated rings. The van der Waals surface area contributed by atoms with Crippen LogP contribution in [0.3, 0.4) is 0 Å². The highest BCUT2D eigenvalue weighted by molar-refractivity contribution is 5.94. The Morgan fingerprint density at radius 2 is 1.76 bits per heavy atom. The molecule has 232 valence electrons. The minimum Gasteiger partial charge on any atom is -0.496 e. The minimum atomic E-state index is -0.486. The Balaban J connectivity index is 1.88. The molecule has 0 bridgehead atoms. The van der Waals surface area contributed by atoms with Crippen LogP contribution in [0, 0.1) is 11.8 Å². The number of likely N-dealkylation sites (N-methyl/N-ethyl adjacent to an activating group) is 1. The van der Waals surface area contributed by atoms with Gasteiger partial charge < -0.3 is 24.4 Å². The molecular formula is C32H48N4O6. The van der Waals surface area contributed by atoms with E-state index in [0.29, 0.717) is 36.3 Å². The Bertz CT molecular complexity index is 1170. The van der Waals surface area contributed by atoms with E-state index in [-0.39, 0.29) is 30.5 Å². The molecule has 10 nitrogen and oxygen atoms in total. The molecule has 1 N–H and O–H groups in total. The second-order valence-corrected chi connectivity index (χ2v) is 11.4. The number of benzene rings is 1. The van der Waals surface area contributed by atoms with Crippen molar-refractivity contribution in [3.63, 3.8) is 0 Å². The summed E-state index contributed by atoms with van der Waals surface area (Å²) in [7, 11) is 6.07. The van der Waals surface area contributed by atoms with Gasteiger partial charge in [0.25, 0.3) is 5.91 Å². The Morgan fingerprint density at radius 1 is 1.10 bits per heavy atom. The summed E-state index contributed by atoms with van der Waals surface area (Å²) in [5.74, 6) is 1.11. The van der Waals surface area contributed by atoms with E-state index in [1.807, 2.05) is 22.9 Å². The Kier molecular flexibility index (Phi) is 12.7. The lowest BCUT2D eigenvalue weighted by Gasteiger charge is -2.25. The summed E-state index contributed by atoms with van der Waals surface area (Å²) in [4.78, 5) is 39.8. The maximum atomic E-state index is 13.7. The van der Waals surface area contributed by atoms with Crippen LogP contribution >= 0.6 is 0 Å². The predicted octanol–water partition coefficient (Wildman–Crippen LogP) is 5.09. The van der Waals surface area contributed by atoms with Crippen molar-refractivity contribution in [3.05, 3.63) is 30.0 Å². The zero-order valence-electron chi connectivity index (χ0n) is 26.1. The van der Waals surface area contributed by atoms with Gasteiger partial charge in [-0.05, 0) is 42.9 Å². The van der Waals surface area contributed by atoms with Crippen molar-refractivity contribution in [1.29, 1.82) is 0 Å².